The lowest BCUT2D eigenvalue weighted by molar-refractivity contribution is -0.131. The fraction of sp³-hybridized carbons (Fsp3) is 0.533. The van der Waals surface area contributed by atoms with E-state index in [-0.39, 0.29) is 5.91 Å². The number of hydrogen-bond acceptors (Lipinski definition) is 4. The van der Waals surface area contributed by atoms with Gasteiger partial charge in [0.2, 0.25) is 5.91 Å². The van der Waals surface area contributed by atoms with Crippen molar-refractivity contribution >= 4 is 5.91 Å². The molecule has 0 aromatic carbocycles. The van der Waals surface area contributed by atoms with Crippen LogP contribution in [0.1, 0.15) is 24.7 Å². The monoisotopic (exact) mass is 274 g/mol. The molecule has 5 heteroatoms. The maximum absolute atomic E-state index is 12.0. The first-order chi connectivity index (χ1) is 9.56. The summed E-state index contributed by atoms with van der Waals surface area (Å²) in [6, 6.07) is 7.96. The van der Waals surface area contributed by atoms with Crippen LogP contribution in [0.2, 0.25) is 0 Å². The number of likely N-dealkylation sites (N-methyl/N-ethyl adjacent to an activating group) is 2. The Morgan fingerprint density at radius 2 is 2.20 bits per heavy atom. The maximum Gasteiger partial charge on any atom is 0.236 e. The van der Waals surface area contributed by atoms with E-state index < -0.39 is 0 Å². The van der Waals surface area contributed by atoms with Gasteiger partial charge in [0, 0.05) is 25.8 Å². The second-order valence-corrected chi connectivity index (χ2v) is 4.80. The molecule has 0 saturated carbocycles. The highest BCUT2D eigenvalue weighted by Crippen LogP contribution is 2.04. The molecule has 0 unspecified atom stereocenters. The lowest BCUT2D eigenvalue weighted by Crippen LogP contribution is -2.38. The van der Waals surface area contributed by atoms with Gasteiger partial charge in [0.1, 0.15) is 0 Å². The molecule has 0 N–H and O–H groups in total. The van der Waals surface area contributed by atoms with Crippen molar-refractivity contribution in [1.82, 2.24) is 14.8 Å². The third-order valence-corrected chi connectivity index (χ3v) is 3.12. The third-order valence-electron chi connectivity index (χ3n) is 3.12. The van der Waals surface area contributed by atoms with Crippen LogP contribution in [0.5, 0.6) is 0 Å². The van der Waals surface area contributed by atoms with Crippen molar-refractivity contribution in [3.63, 3.8) is 0 Å². The Kier molecular flexibility index (Phi) is 6.68. The standard InChI is InChI=1S/C15H22N4O/c1-4-19(11-14-8-5-7-13(2)17-14)12-15(20)18(3)10-6-9-16/h5,7-8H,4,6,10-12H2,1-3H3. The van der Waals surface area contributed by atoms with E-state index in [1.54, 1.807) is 11.9 Å². The first kappa shape index (κ1) is 16.1. The first-order valence-corrected chi connectivity index (χ1v) is 6.82. The average molecular weight is 274 g/mol. The quantitative estimate of drug-likeness (QED) is 0.757. The highest BCUT2D eigenvalue weighted by Gasteiger charge is 2.13. The van der Waals surface area contributed by atoms with E-state index >= 15 is 0 Å². The van der Waals surface area contributed by atoms with Crippen LogP contribution in [0.3, 0.4) is 0 Å². The second kappa shape index (κ2) is 8.28. The predicted molar refractivity (Wildman–Crippen MR) is 77.8 cm³/mol. The molecule has 0 saturated heterocycles. The van der Waals surface area contributed by atoms with E-state index in [1.807, 2.05) is 43.0 Å². The molecule has 0 fully saturated rings. The molecule has 20 heavy (non-hydrogen) atoms. The molecule has 0 aliphatic rings. The molecule has 1 amide bonds. The SMILES string of the molecule is CCN(CC(=O)N(C)CCC#N)Cc1cccc(C)n1. The summed E-state index contributed by atoms with van der Waals surface area (Å²) in [7, 11) is 1.73. The Balaban J connectivity index is 2.55. The van der Waals surface area contributed by atoms with Gasteiger partial charge in [-0.15, -0.1) is 0 Å². The minimum absolute atomic E-state index is 0.0368. The largest absolute Gasteiger partial charge is 0.344 e. The molecule has 0 atom stereocenters. The maximum atomic E-state index is 12.0. The van der Waals surface area contributed by atoms with Gasteiger partial charge in [0.25, 0.3) is 0 Å². The zero-order valence-corrected chi connectivity index (χ0v) is 12.5. The van der Waals surface area contributed by atoms with Crippen molar-refractivity contribution in [2.45, 2.75) is 26.8 Å². The van der Waals surface area contributed by atoms with Crippen LogP contribution in [0.4, 0.5) is 0 Å². The normalized spacial score (nSPS) is 10.3. The lowest BCUT2D eigenvalue weighted by atomic mass is 10.3. The van der Waals surface area contributed by atoms with E-state index in [0.29, 0.717) is 26.1 Å². The Labute approximate surface area is 120 Å². The van der Waals surface area contributed by atoms with E-state index in [1.165, 1.54) is 0 Å². The summed E-state index contributed by atoms with van der Waals surface area (Å²) in [6.45, 7) is 6.27. The minimum atomic E-state index is 0.0368. The van der Waals surface area contributed by atoms with Crippen LogP contribution in [0.25, 0.3) is 0 Å². The van der Waals surface area contributed by atoms with Crippen LogP contribution in [0, 0.1) is 18.3 Å². The number of nitriles is 1. The molecule has 1 aromatic rings. The molecular weight excluding hydrogens is 252 g/mol. The Hall–Kier alpha value is -1.93. The Bertz CT molecular complexity index is 481. The first-order valence-electron chi connectivity index (χ1n) is 6.82. The molecule has 0 bridgehead atoms. The van der Waals surface area contributed by atoms with Crippen molar-refractivity contribution in [3.8, 4) is 6.07 Å². The Morgan fingerprint density at radius 1 is 1.45 bits per heavy atom. The highest BCUT2D eigenvalue weighted by atomic mass is 16.2. The van der Waals surface area contributed by atoms with E-state index in [9.17, 15) is 4.79 Å². The summed E-state index contributed by atoms with van der Waals surface area (Å²) in [4.78, 5) is 20.1. The molecule has 1 heterocycles. The number of amides is 1. The number of carbonyl (C=O) groups excluding carboxylic acids is 1. The van der Waals surface area contributed by atoms with Gasteiger partial charge in [-0.2, -0.15) is 5.26 Å². The van der Waals surface area contributed by atoms with Crippen molar-refractivity contribution in [1.29, 1.82) is 5.26 Å². The van der Waals surface area contributed by atoms with Gasteiger partial charge in [0.05, 0.1) is 24.7 Å². The lowest BCUT2D eigenvalue weighted by Gasteiger charge is -2.23. The summed E-state index contributed by atoms with van der Waals surface area (Å²) < 4.78 is 0. The third kappa shape index (κ3) is 5.37. The molecule has 1 aromatic heterocycles. The molecule has 5 nitrogen and oxygen atoms in total. The molecule has 0 aliphatic carbocycles. The van der Waals surface area contributed by atoms with E-state index in [0.717, 1.165) is 17.9 Å². The number of aryl methyl sites for hydroxylation is 1. The topological polar surface area (TPSA) is 60.2 Å². The van der Waals surface area contributed by atoms with Crippen LogP contribution in [-0.2, 0) is 11.3 Å². The molecule has 108 valence electrons. The molecule has 0 aliphatic heterocycles. The predicted octanol–water partition coefficient (Wildman–Crippen LogP) is 1.58. The van der Waals surface area contributed by atoms with Crippen molar-refractivity contribution in [3.05, 3.63) is 29.6 Å². The fourth-order valence-corrected chi connectivity index (χ4v) is 1.85. The van der Waals surface area contributed by atoms with Gasteiger partial charge in [0.15, 0.2) is 0 Å². The summed E-state index contributed by atoms with van der Waals surface area (Å²) in [5.74, 6) is 0.0368. The highest BCUT2D eigenvalue weighted by molar-refractivity contribution is 5.77. The number of carbonyl (C=O) groups is 1. The zero-order valence-electron chi connectivity index (χ0n) is 12.5. The van der Waals surface area contributed by atoms with Gasteiger partial charge >= 0.3 is 0 Å². The summed E-state index contributed by atoms with van der Waals surface area (Å²) >= 11 is 0. The van der Waals surface area contributed by atoms with Gasteiger partial charge in [-0.05, 0) is 25.6 Å². The molecule has 0 spiro atoms. The smallest absolute Gasteiger partial charge is 0.236 e. The van der Waals surface area contributed by atoms with Gasteiger partial charge in [-0.3, -0.25) is 14.7 Å². The van der Waals surface area contributed by atoms with Crippen molar-refractivity contribution < 1.29 is 4.79 Å². The van der Waals surface area contributed by atoms with Gasteiger partial charge in [-0.1, -0.05) is 13.0 Å². The van der Waals surface area contributed by atoms with Gasteiger partial charge in [-0.25, -0.2) is 0 Å². The van der Waals surface area contributed by atoms with E-state index in [4.69, 9.17) is 5.26 Å². The number of nitrogens with zero attached hydrogens (tertiary/aromatic N) is 4. The van der Waals surface area contributed by atoms with Crippen LogP contribution in [0.15, 0.2) is 18.2 Å². The number of aromatic nitrogens is 1. The Morgan fingerprint density at radius 3 is 2.80 bits per heavy atom. The zero-order chi connectivity index (χ0) is 15.0. The average Bonchev–Trinajstić information content (AvgIpc) is 2.43. The molecule has 0 radical (unpaired) electrons. The number of pyridine rings is 1. The fourth-order valence-electron chi connectivity index (χ4n) is 1.85. The van der Waals surface area contributed by atoms with Crippen molar-refractivity contribution in [2.75, 3.05) is 26.7 Å². The van der Waals surface area contributed by atoms with E-state index in [2.05, 4.69) is 4.98 Å². The van der Waals surface area contributed by atoms with Crippen LogP contribution in [-0.4, -0.2) is 47.4 Å². The summed E-state index contributed by atoms with van der Waals surface area (Å²) in [6.07, 6.45) is 0.369. The second-order valence-electron chi connectivity index (χ2n) is 4.80. The van der Waals surface area contributed by atoms with Crippen molar-refractivity contribution in [2.24, 2.45) is 0 Å². The summed E-state index contributed by atoms with van der Waals surface area (Å²) in [5, 5.41) is 8.54. The van der Waals surface area contributed by atoms with Gasteiger partial charge < -0.3 is 4.90 Å². The van der Waals surface area contributed by atoms with Crippen LogP contribution >= 0.6 is 0 Å². The summed E-state index contributed by atoms with van der Waals surface area (Å²) in [5.41, 5.74) is 1.95. The molecular formula is C15H22N4O. The number of rotatable bonds is 7. The molecule has 1 rings (SSSR count). The minimum Gasteiger partial charge on any atom is -0.344 e. The van der Waals surface area contributed by atoms with Crippen LogP contribution < -0.4 is 0 Å². The number of hydrogen-bond donors (Lipinski definition) is 0.